The van der Waals surface area contributed by atoms with Crippen molar-refractivity contribution in [1.29, 1.82) is 0 Å². The van der Waals surface area contributed by atoms with Crippen molar-refractivity contribution in [2.45, 2.75) is 96.8 Å². The Morgan fingerprint density at radius 1 is 0.727 bits per heavy atom. The molecule has 0 heterocycles. The predicted molar refractivity (Wildman–Crippen MR) is 87.1 cm³/mol. The largest absolute Gasteiger partial charge is 0.481 e. The van der Waals surface area contributed by atoms with Gasteiger partial charge in [0.25, 0.3) is 0 Å². The second kappa shape index (κ2) is 23.5. The zero-order valence-corrected chi connectivity index (χ0v) is 15.9. The minimum atomic E-state index is -0.664. The summed E-state index contributed by atoms with van der Waals surface area (Å²) in [6.07, 6.45) is 21.2. The van der Waals surface area contributed by atoms with Gasteiger partial charge in [0.05, 0.1) is 0 Å². The zero-order chi connectivity index (χ0) is 14.9. The summed E-state index contributed by atoms with van der Waals surface area (Å²) in [6, 6.07) is 0. The zero-order valence-electron chi connectivity index (χ0n) is 14.0. The third-order valence-corrected chi connectivity index (χ3v) is 3.65. The Hall–Kier alpha value is 0.249. The van der Waals surface area contributed by atoms with Crippen LogP contribution in [0.3, 0.4) is 0 Å². The van der Waals surface area contributed by atoms with Crippen molar-refractivity contribution in [3.8, 4) is 0 Å². The van der Waals surface area contributed by atoms with E-state index in [-0.39, 0.29) is 34.1 Å². The maximum absolute atomic E-state index is 10.3. The van der Waals surface area contributed by atoms with Crippen LogP contribution in [0.5, 0.6) is 0 Å². The Morgan fingerprint density at radius 2 is 1.14 bits per heavy atom. The Kier molecular flexibility index (Phi) is 29.0. The van der Waals surface area contributed by atoms with Crippen LogP contribution in [0.4, 0.5) is 0 Å². The van der Waals surface area contributed by atoms with Gasteiger partial charge in [-0.15, -0.1) is 0 Å². The number of carbonyl (C=O) groups is 1. The summed E-state index contributed by atoms with van der Waals surface area (Å²) in [5.41, 5.74) is 0. The van der Waals surface area contributed by atoms with Gasteiger partial charge in [0.15, 0.2) is 0 Å². The Bertz CT molecular complexity index is 243. The number of allylic oxidation sites excluding steroid dienone is 2. The third-order valence-electron chi connectivity index (χ3n) is 3.65. The summed E-state index contributed by atoms with van der Waals surface area (Å²) >= 11 is 0. The SMILES string of the molecule is CCCCCCCC/C=C\CCCCCCCC(=O)O.[Cu].[Cu]. The molecule has 0 aliphatic heterocycles. The summed E-state index contributed by atoms with van der Waals surface area (Å²) < 4.78 is 0. The van der Waals surface area contributed by atoms with E-state index in [1.807, 2.05) is 0 Å². The first-order valence-corrected chi connectivity index (χ1v) is 8.64. The molecule has 0 aromatic carbocycles. The van der Waals surface area contributed by atoms with Crippen LogP contribution in [-0.4, -0.2) is 11.1 Å². The van der Waals surface area contributed by atoms with Gasteiger partial charge in [-0.05, 0) is 32.1 Å². The standard InChI is InChI=1S/C18H34O2.2Cu/c1-2-3-4-5-6-7-8-9-10-11-12-13-14-15-16-17-18(19)20;;/h9-10H,2-8,11-17H2,1H3,(H,19,20);;/b10-9-;;. The molecule has 2 radical (unpaired) electrons. The van der Waals surface area contributed by atoms with E-state index in [4.69, 9.17) is 5.11 Å². The molecule has 0 spiro atoms. The van der Waals surface area contributed by atoms with Crippen molar-refractivity contribution < 1.29 is 44.0 Å². The van der Waals surface area contributed by atoms with E-state index in [1.54, 1.807) is 0 Å². The Labute approximate surface area is 158 Å². The monoisotopic (exact) mass is 408 g/mol. The van der Waals surface area contributed by atoms with Crippen LogP contribution in [0.25, 0.3) is 0 Å². The van der Waals surface area contributed by atoms with Gasteiger partial charge in [-0.25, -0.2) is 0 Å². The van der Waals surface area contributed by atoms with E-state index < -0.39 is 5.97 Å². The van der Waals surface area contributed by atoms with Crippen LogP contribution in [0, 0.1) is 0 Å². The van der Waals surface area contributed by atoms with Crippen molar-refractivity contribution in [2.24, 2.45) is 0 Å². The Morgan fingerprint density at radius 3 is 1.59 bits per heavy atom. The average Bonchev–Trinajstić information content (AvgIpc) is 2.43. The number of rotatable bonds is 15. The molecular formula is C18H34Cu2O2. The first-order valence-electron chi connectivity index (χ1n) is 8.64. The number of carboxylic acids is 1. The van der Waals surface area contributed by atoms with Crippen LogP contribution in [0.1, 0.15) is 96.8 Å². The molecule has 0 saturated carbocycles. The maximum Gasteiger partial charge on any atom is 0.303 e. The summed E-state index contributed by atoms with van der Waals surface area (Å²) in [5.74, 6) is -0.664. The normalized spacial score (nSPS) is 10.2. The van der Waals surface area contributed by atoms with Crippen molar-refractivity contribution in [1.82, 2.24) is 0 Å². The fraction of sp³-hybridized carbons (Fsp3) is 0.833. The molecule has 0 aromatic rings. The molecule has 0 amide bonds. The van der Waals surface area contributed by atoms with Crippen molar-refractivity contribution in [2.75, 3.05) is 0 Å². The topological polar surface area (TPSA) is 37.3 Å². The second-order valence-corrected chi connectivity index (χ2v) is 5.73. The first kappa shape index (κ1) is 27.1. The smallest absolute Gasteiger partial charge is 0.303 e. The van der Waals surface area contributed by atoms with E-state index in [0.29, 0.717) is 6.42 Å². The molecule has 0 fully saturated rings. The fourth-order valence-electron chi connectivity index (χ4n) is 2.35. The van der Waals surface area contributed by atoms with Gasteiger partial charge in [0.1, 0.15) is 0 Å². The van der Waals surface area contributed by atoms with Gasteiger partial charge in [0.2, 0.25) is 0 Å². The molecule has 4 heteroatoms. The van der Waals surface area contributed by atoms with Gasteiger partial charge in [-0.2, -0.15) is 0 Å². The van der Waals surface area contributed by atoms with Crippen LogP contribution in [0.2, 0.25) is 0 Å². The molecule has 2 nitrogen and oxygen atoms in total. The number of unbranched alkanes of at least 4 members (excludes halogenated alkanes) is 11. The van der Waals surface area contributed by atoms with Crippen LogP contribution in [0.15, 0.2) is 12.2 Å². The summed E-state index contributed by atoms with van der Waals surface area (Å²) in [5, 5.41) is 8.51. The van der Waals surface area contributed by atoms with Crippen LogP contribution in [-0.2, 0) is 38.9 Å². The van der Waals surface area contributed by atoms with Gasteiger partial charge < -0.3 is 5.11 Å². The number of hydrogen-bond donors (Lipinski definition) is 1. The molecule has 0 unspecified atom stereocenters. The van der Waals surface area contributed by atoms with E-state index in [1.165, 1.54) is 70.6 Å². The van der Waals surface area contributed by atoms with E-state index >= 15 is 0 Å². The fourth-order valence-corrected chi connectivity index (χ4v) is 2.35. The molecule has 0 aromatic heterocycles. The number of hydrogen-bond acceptors (Lipinski definition) is 1. The van der Waals surface area contributed by atoms with E-state index in [0.717, 1.165) is 12.8 Å². The van der Waals surface area contributed by atoms with Gasteiger partial charge in [0, 0.05) is 40.6 Å². The number of aliphatic carboxylic acids is 1. The predicted octanol–water partition coefficient (Wildman–Crippen LogP) is 6.10. The molecule has 0 saturated heterocycles. The molecule has 1 N–H and O–H groups in total. The minimum absolute atomic E-state index is 0. The molecule has 140 valence electrons. The first-order chi connectivity index (χ1) is 9.77. The molecule has 0 rings (SSSR count). The summed E-state index contributed by atoms with van der Waals surface area (Å²) in [4.78, 5) is 10.3. The molecule has 0 bridgehead atoms. The van der Waals surface area contributed by atoms with Crippen molar-refractivity contribution >= 4 is 5.97 Å². The van der Waals surface area contributed by atoms with Crippen molar-refractivity contribution in [3.05, 3.63) is 12.2 Å². The average molecular weight is 410 g/mol. The molecular weight excluding hydrogens is 375 g/mol. The quantitative estimate of drug-likeness (QED) is 0.201. The third kappa shape index (κ3) is 25.2. The van der Waals surface area contributed by atoms with Gasteiger partial charge in [-0.1, -0.05) is 70.4 Å². The minimum Gasteiger partial charge on any atom is -0.481 e. The van der Waals surface area contributed by atoms with E-state index in [2.05, 4.69) is 19.1 Å². The summed E-state index contributed by atoms with van der Waals surface area (Å²) in [6.45, 7) is 2.26. The van der Waals surface area contributed by atoms with E-state index in [9.17, 15) is 4.79 Å². The molecule has 0 atom stereocenters. The van der Waals surface area contributed by atoms with Crippen molar-refractivity contribution in [3.63, 3.8) is 0 Å². The van der Waals surface area contributed by atoms with Crippen LogP contribution < -0.4 is 0 Å². The molecule has 22 heavy (non-hydrogen) atoms. The number of carboxylic acid groups (broad SMARTS) is 1. The maximum atomic E-state index is 10.3. The van der Waals surface area contributed by atoms with Gasteiger partial charge in [-0.3, -0.25) is 4.79 Å². The Balaban J connectivity index is -0.00000180. The molecule has 0 aliphatic carbocycles. The second-order valence-electron chi connectivity index (χ2n) is 5.73. The van der Waals surface area contributed by atoms with Gasteiger partial charge >= 0.3 is 5.97 Å². The molecule has 0 aliphatic rings. The summed E-state index contributed by atoms with van der Waals surface area (Å²) in [7, 11) is 0. The van der Waals surface area contributed by atoms with Crippen LogP contribution >= 0.6 is 0 Å².